The van der Waals surface area contributed by atoms with Gasteiger partial charge in [-0.1, -0.05) is 17.2 Å². The fourth-order valence-electron chi connectivity index (χ4n) is 3.73. The summed E-state index contributed by atoms with van der Waals surface area (Å²) in [5.74, 6) is -2.41. The number of carboxylic acid groups (broad SMARTS) is 1. The van der Waals surface area contributed by atoms with E-state index in [4.69, 9.17) is 0 Å². The maximum Gasteiger partial charge on any atom is 0.307 e. The first kappa shape index (κ1) is 20.0. The molecule has 27 heavy (non-hydrogen) atoms. The molecular formula is C18H24N2O5S2. The Hall–Kier alpha value is -1.71. The molecule has 0 spiro atoms. The fraction of sp³-hybridized carbons (Fsp3) is 0.556. The van der Waals surface area contributed by atoms with Crippen LogP contribution in [-0.2, 0) is 19.6 Å². The van der Waals surface area contributed by atoms with Crippen molar-refractivity contribution < 1.29 is 23.1 Å². The fourth-order valence-corrected chi connectivity index (χ4v) is 6.30. The second-order valence-electron chi connectivity index (χ2n) is 7.18. The first-order valence-corrected chi connectivity index (χ1v) is 11.2. The molecule has 1 aliphatic heterocycles. The van der Waals surface area contributed by atoms with Gasteiger partial charge < -0.3 is 10.0 Å². The summed E-state index contributed by atoms with van der Waals surface area (Å²) in [5.41, 5.74) is 2.11. The van der Waals surface area contributed by atoms with E-state index in [2.05, 4.69) is 0 Å². The third kappa shape index (κ3) is 3.95. The number of aliphatic carboxylic acids is 1. The molecule has 1 fully saturated rings. The summed E-state index contributed by atoms with van der Waals surface area (Å²) in [4.78, 5) is 26.2. The van der Waals surface area contributed by atoms with Gasteiger partial charge in [-0.3, -0.25) is 9.59 Å². The van der Waals surface area contributed by atoms with Crippen LogP contribution < -0.4 is 0 Å². The van der Waals surface area contributed by atoms with E-state index < -0.39 is 27.8 Å². The molecule has 0 aromatic carbocycles. The summed E-state index contributed by atoms with van der Waals surface area (Å²) < 4.78 is 26.9. The number of allylic oxidation sites excluding steroid dienone is 2. The smallest absolute Gasteiger partial charge is 0.307 e. The Balaban J connectivity index is 1.69. The van der Waals surface area contributed by atoms with Crippen LogP contribution in [-0.4, -0.2) is 60.8 Å². The lowest BCUT2D eigenvalue weighted by Crippen LogP contribution is -2.53. The standard InChI is InChI=1S/C18H24N2O5S2/c1-12-10-14(15(18(22)23)11-13(12)2)17(21)19-5-7-20(8-6-19)27(24,25)16-4-3-9-26-16/h3-4,9,14-15H,5-8,10-11H2,1-2H3,(H,22,23)/t14-,15+/m0/s1. The van der Waals surface area contributed by atoms with Gasteiger partial charge in [-0.25, -0.2) is 8.42 Å². The predicted octanol–water partition coefficient (Wildman–Crippen LogP) is 2.03. The van der Waals surface area contributed by atoms with Crippen molar-refractivity contribution in [3.8, 4) is 0 Å². The molecule has 1 saturated heterocycles. The third-order valence-electron chi connectivity index (χ3n) is 5.54. The van der Waals surface area contributed by atoms with Gasteiger partial charge in [-0.2, -0.15) is 4.31 Å². The van der Waals surface area contributed by atoms with Crippen molar-refractivity contribution in [2.75, 3.05) is 26.2 Å². The van der Waals surface area contributed by atoms with Gasteiger partial charge in [0.05, 0.1) is 11.8 Å². The van der Waals surface area contributed by atoms with Crippen LogP contribution in [0.1, 0.15) is 26.7 Å². The maximum atomic E-state index is 13.0. The number of hydrogen-bond donors (Lipinski definition) is 1. The quantitative estimate of drug-likeness (QED) is 0.764. The molecule has 0 radical (unpaired) electrons. The van der Waals surface area contributed by atoms with E-state index in [9.17, 15) is 23.1 Å². The SMILES string of the molecule is CC1=C(C)C[C@@H](C(=O)O)[C@@H](C(=O)N2CCN(S(=O)(=O)c3cccs3)CC2)C1. The average Bonchev–Trinajstić information content (AvgIpc) is 3.18. The zero-order valence-electron chi connectivity index (χ0n) is 15.4. The summed E-state index contributed by atoms with van der Waals surface area (Å²) in [6.45, 7) is 4.88. The largest absolute Gasteiger partial charge is 0.481 e. The van der Waals surface area contributed by atoms with Gasteiger partial charge in [0.1, 0.15) is 4.21 Å². The van der Waals surface area contributed by atoms with Crippen LogP contribution in [0.15, 0.2) is 32.9 Å². The third-order valence-corrected chi connectivity index (χ3v) is 8.81. The Morgan fingerprint density at radius 2 is 1.67 bits per heavy atom. The Bertz CT molecular complexity index is 852. The molecule has 1 aromatic rings. The van der Waals surface area contributed by atoms with Gasteiger partial charge in [-0.15, -0.1) is 11.3 Å². The van der Waals surface area contributed by atoms with Crippen molar-refractivity contribution in [2.24, 2.45) is 11.8 Å². The lowest BCUT2D eigenvalue weighted by Gasteiger charge is -2.38. The number of nitrogens with zero attached hydrogens (tertiary/aromatic N) is 2. The van der Waals surface area contributed by atoms with Gasteiger partial charge in [0.25, 0.3) is 10.0 Å². The maximum absolute atomic E-state index is 13.0. The van der Waals surface area contributed by atoms with Crippen LogP contribution in [0.2, 0.25) is 0 Å². The summed E-state index contributed by atoms with van der Waals surface area (Å²) in [5, 5.41) is 11.3. The summed E-state index contributed by atoms with van der Waals surface area (Å²) in [6, 6.07) is 3.28. The first-order chi connectivity index (χ1) is 12.7. The molecule has 2 heterocycles. The molecule has 0 unspecified atom stereocenters. The van der Waals surface area contributed by atoms with Crippen molar-refractivity contribution in [2.45, 2.75) is 30.9 Å². The number of rotatable bonds is 4. The molecule has 1 N–H and O–H groups in total. The minimum absolute atomic E-state index is 0.178. The highest BCUT2D eigenvalue weighted by atomic mass is 32.2. The molecule has 1 amide bonds. The number of hydrogen-bond acceptors (Lipinski definition) is 5. The summed E-state index contributed by atoms with van der Waals surface area (Å²) in [7, 11) is -3.52. The Morgan fingerprint density at radius 3 is 2.19 bits per heavy atom. The monoisotopic (exact) mass is 412 g/mol. The van der Waals surface area contributed by atoms with Gasteiger partial charge >= 0.3 is 5.97 Å². The molecule has 0 bridgehead atoms. The lowest BCUT2D eigenvalue weighted by atomic mass is 9.76. The second kappa shape index (κ2) is 7.73. The van der Waals surface area contributed by atoms with Crippen LogP contribution in [0.5, 0.6) is 0 Å². The molecule has 7 nitrogen and oxygen atoms in total. The zero-order chi connectivity index (χ0) is 19.8. The highest BCUT2D eigenvalue weighted by Crippen LogP contribution is 2.35. The van der Waals surface area contributed by atoms with Crippen molar-refractivity contribution in [3.05, 3.63) is 28.7 Å². The van der Waals surface area contributed by atoms with E-state index in [1.807, 2.05) is 13.8 Å². The number of thiophene rings is 1. The number of carboxylic acids is 1. The van der Waals surface area contributed by atoms with E-state index in [1.165, 1.54) is 15.6 Å². The van der Waals surface area contributed by atoms with Gasteiger partial charge in [0, 0.05) is 26.2 Å². The molecular weight excluding hydrogens is 388 g/mol. The van der Waals surface area contributed by atoms with E-state index in [1.54, 1.807) is 22.4 Å². The minimum atomic E-state index is -3.52. The number of sulfonamides is 1. The van der Waals surface area contributed by atoms with Crippen molar-refractivity contribution >= 4 is 33.2 Å². The molecule has 3 rings (SSSR count). The Morgan fingerprint density at radius 1 is 1.07 bits per heavy atom. The molecule has 0 saturated carbocycles. The Kier molecular flexibility index (Phi) is 5.73. The van der Waals surface area contributed by atoms with Crippen molar-refractivity contribution in [1.82, 2.24) is 9.21 Å². The molecule has 148 valence electrons. The summed E-state index contributed by atoms with van der Waals surface area (Å²) in [6.07, 6.45) is 0.847. The predicted molar refractivity (Wildman–Crippen MR) is 102 cm³/mol. The van der Waals surface area contributed by atoms with Crippen LogP contribution in [0.3, 0.4) is 0 Å². The second-order valence-corrected chi connectivity index (χ2v) is 10.3. The first-order valence-electron chi connectivity index (χ1n) is 8.92. The molecule has 9 heteroatoms. The van der Waals surface area contributed by atoms with Crippen LogP contribution in [0.4, 0.5) is 0 Å². The lowest BCUT2D eigenvalue weighted by molar-refractivity contribution is -0.151. The highest BCUT2D eigenvalue weighted by Gasteiger charge is 2.40. The summed E-state index contributed by atoms with van der Waals surface area (Å²) >= 11 is 1.18. The number of carbonyl (C=O) groups is 2. The molecule has 1 aliphatic carbocycles. The van der Waals surface area contributed by atoms with Crippen LogP contribution >= 0.6 is 11.3 Å². The van der Waals surface area contributed by atoms with E-state index >= 15 is 0 Å². The minimum Gasteiger partial charge on any atom is -0.481 e. The van der Waals surface area contributed by atoms with Gasteiger partial charge in [0.2, 0.25) is 5.91 Å². The van der Waals surface area contributed by atoms with E-state index in [0.717, 1.165) is 11.1 Å². The number of amides is 1. The molecule has 2 aliphatic rings. The van der Waals surface area contributed by atoms with E-state index in [0.29, 0.717) is 17.1 Å². The number of carbonyl (C=O) groups excluding carboxylic acids is 1. The normalized spacial score (nSPS) is 24.9. The average molecular weight is 413 g/mol. The van der Waals surface area contributed by atoms with Gasteiger partial charge in [0.15, 0.2) is 0 Å². The van der Waals surface area contributed by atoms with Crippen LogP contribution in [0, 0.1) is 11.8 Å². The Labute approximate surface area is 163 Å². The zero-order valence-corrected chi connectivity index (χ0v) is 17.1. The number of piperazine rings is 1. The molecule has 2 atom stereocenters. The topological polar surface area (TPSA) is 95.0 Å². The van der Waals surface area contributed by atoms with Gasteiger partial charge in [-0.05, 0) is 38.1 Å². The van der Waals surface area contributed by atoms with Crippen molar-refractivity contribution in [1.29, 1.82) is 0 Å². The van der Waals surface area contributed by atoms with E-state index in [-0.39, 0.29) is 32.1 Å². The van der Waals surface area contributed by atoms with Crippen molar-refractivity contribution in [3.63, 3.8) is 0 Å². The van der Waals surface area contributed by atoms with Crippen LogP contribution in [0.25, 0.3) is 0 Å². The molecule has 1 aromatic heterocycles. The highest BCUT2D eigenvalue weighted by molar-refractivity contribution is 7.91.